The first-order chi connectivity index (χ1) is 9.96. The monoisotopic (exact) mass is 311 g/mol. The molecule has 0 saturated carbocycles. The van der Waals surface area contributed by atoms with E-state index in [9.17, 15) is 14.4 Å². The Balaban J connectivity index is 2.75. The molecule has 1 aromatic rings. The smallest absolute Gasteiger partial charge is 0.325 e. The van der Waals surface area contributed by atoms with Gasteiger partial charge in [0.2, 0.25) is 5.91 Å². The van der Waals surface area contributed by atoms with Crippen molar-refractivity contribution in [1.82, 2.24) is 4.90 Å². The Labute approximate surface area is 127 Å². The van der Waals surface area contributed by atoms with E-state index in [-0.39, 0.29) is 13.1 Å². The third kappa shape index (κ3) is 5.78. The van der Waals surface area contributed by atoms with E-state index in [1.807, 2.05) is 19.1 Å². The Bertz CT molecular complexity index is 531. The van der Waals surface area contributed by atoms with Crippen molar-refractivity contribution < 1.29 is 23.9 Å². The Morgan fingerprint density at radius 2 is 1.71 bits per heavy atom. The second-order valence-corrected chi connectivity index (χ2v) is 5.45. The second-order valence-electron chi connectivity index (χ2n) is 4.13. The minimum atomic E-state index is -0.604. The van der Waals surface area contributed by atoms with Gasteiger partial charge >= 0.3 is 11.9 Å². The number of aryl methyl sites for hydroxylation is 1. The number of amides is 1. The van der Waals surface area contributed by atoms with E-state index in [2.05, 4.69) is 9.47 Å². The van der Waals surface area contributed by atoms with Crippen molar-refractivity contribution in [3.63, 3.8) is 0 Å². The van der Waals surface area contributed by atoms with Crippen LogP contribution in [-0.4, -0.2) is 50.1 Å². The Morgan fingerprint density at radius 1 is 1.14 bits per heavy atom. The van der Waals surface area contributed by atoms with Crippen LogP contribution in [0.25, 0.3) is 6.08 Å². The summed E-state index contributed by atoms with van der Waals surface area (Å²) in [4.78, 5) is 37.7. The number of rotatable bonds is 6. The van der Waals surface area contributed by atoms with Crippen LogP contribution in [0, 0.1) is 6.92 Å². The fourth-order valence-corrected chi connectivity index (χ4v) is 2.23. The van der Waals surface area contributed by atoms with Crippen LogP contribution in [0.15, 0.2) is 18.2 Å². The number of carbonyl (C=O) groups excluding carboxylic acids is 3. The molecule has 21 heavy (non-hydrogen) atoms. The van der Waals surface area contributed by atoms with E-state index in [1.54, 1.807) is 6.08 Å². The number of esters is 2. The Kier molecular flexibility index (Phi) is 6.61. The van der Waals surface area contributed by atoms with Crippen molar-refractivity contribution in [3.8, 4) is 0 Å². The van der Waals surface area contributed by atoms with Crippen LogP contribution >= 0.6 is 11.3 Å². The molecule has 0 atom stereocenters. The normalized spacial score (nSPS) is 10.4. The molecule has 0 aliphatic heterocycles. The largest absolute Gasteiger partial charge is 0.468 e. The minimum absolute atomic E-state index is 0.307. The average Bonchev–Trinajstić information content (AvgIpc) is 2.89. The molecule has 0 fully saturated rings. The molecule has 114 valence electrons. The van der Waals surface area contributed by atoms with Crippen molar-refractivity contribution in [2.45, 2.75) is 6.92 Å². The fourth-order valence-electron chi connectivity index (χ4n) is 1.45. The molecule has 7 heteroatoms. The van der Waals surface area contributed by atoms with Gasteiger partial charge < -0.3 is 14.4 Å². The van der Waals surface area contributed by atoms with Gasteiger partial charge in [-0.2, -0.15) is 0 Å². The summed E-state index contributed by atoms with van der Waals surface area (Å²) in [5, 5.41) is 0. The van der Waals surface area contributed by atoms with E-state index in [1.165, 1.54) is 31.6 Å². The van der Waals surface area contributed by atoms with Crippen LogP contribution in [0.3, 0.4) is 0 Å². The highest BCUT2D eigenvalue weighted by Crippen LogP contribution is 2.16. The van der Waals surface area contributed by atoms with Gasteiger partial charge in [-0.1, -0.05) is 0 Å². The summed E-state index contributed by atoms with van der Waals surface area (Å²) in [5.74, 6) is -1.67. The molecule has 6 nitrogen and oxygen atoms in total. The molecule has 0 aromatic carbocycles. The predicted octanol–water partition coefficient (Wildman–Crippen LogP) is 1.24. The first-order valence-electron chi connectivity index (χ1n) is 6.13. The molecule has 0 radical (unpaired) electrons. The summed E-state index contributed by atoms with van der Waals surface area (Å²) >= 11 is 1.54. The molecule has 0 bridgehead atoms. The quantitative estimate of drug-likeness (QED) is 0.584. The molecule has 0 unspecified atom stereocenters. The van der Waals surface area contributed by atoms with Gasteiger partial charge in [-0.05, 0) is 25.1 Å². The van der Waals surface area contributed by atoms with E-state index in [0.717, 1.165) is 14.7 Å². The minimum Gasteiger partial charge on any atom is -0.468 e. The maximum Gasteiger partial charge on any atom is 0.325 e. The van der Waals surface area contributed by atoms with Crippen molar-refractivity contribution in [2.75, 3.05) is 27.3 Å². The van der Waals surface area contributed by atoms with Gasteiger partial charge in [-0.3, -0.25) is 14.4 Å². The summed E-state index contributed by atoms with van der Waals surface area (Å²) < 4.78 is 9.01. The van der Waals surface area contributed by atoms with Gasteiger partial charge in [0.05, 0.1) is 14.2 Å². The summed E-state index contributed by atoms with van der Waals surface area (Å²) in [7, 11) is 2.43. The summed E-state index contributed by atoms with van der Waals surface area (Å²) in [6, 6.07) is 3.82. The van der Waals surface area contributed by atoms with Crippen LogP contribution in [0.5, 0.6) is 0 Å². The molecule has 1 amide bonds. The lowest BCUT2D eigenvalue weighted by molar-refractivity contribution is -0.150. The third-order valence-electron chi connectivity index (χ3n) is 2.56. The Hall–Kier alpha value is -2.15. The number of carbonyl (C=O) groups is 3. The van der Waals surface area contributed by atoms with E-state index >= 15 is 0 Å². The first kappa shape index (κ1) is 16.9. The number of hydrogen-bond donors (Lipinski definition) is 0. The highest BCUT2D eigenvalue weighted by atomic mass is 32.1. The zero-order valence-electron chi connectivity index (χ0n) is 12.1. The van der Waals surface area contributed by atoms with Gasteiger partial charge in [-0.25, -0.2) is 0 Å². The number of methoxy groups -OCH3 is 2. The zero-order valence-corrected chi connectivity index (χ0v) is 12.9. The van der Waals surface area contributed by atoms with Crippen LogP contribution in [0.4, 0.5) is 0 Å². The lowest BCUT2D eigenvalue weighted by Crippen LogP contribution is -2.39. The van der Waals surface area contributed by atoms with Gasteiger partial charge in [-0.15, -0.1) is 11.3 Å². The van der Waals surface area contributed by atoms with Crippen molar-refractivity contribution in [3.05, 3.63) is 28.0 Å². The number of nitrogens with zero attached hydrogens (tertiary/aromatic N) is 1. The Morgan fingerprint density at radius 3 is 2.14 bits per heavy atom. The standard InChI is InChI=1S/C14H17NO5S/c1-10-4-5-11(21-10)6-7-12(16)15(8-13(17)19-2)9-14(18)20-3/h4-7H,8-9H2,1-3H3. The summed E-state index contributed by atoms with van der Waals surface area (Å²) in [5.41, 5.74) is 0. The summed E-state index contributed by atoms with van der Waals surface area (Å²) in [6.07, 6.45) is 2.96. The molecule has 1 aromatic heterocycles. The van der Waals surface area contributed by atoms with Gasteiger partial charge in [0.1, 0.15) is 13.1 Å². The molecule has 1 rings (SSSR count). The van der Waals surface area contributed by atoms with Gasteiger partial charge in [0, 0.05) is 15.8 Å². The van der Waals surface area contributed by atoms with Crippen LogP contribution < -0.4 is 0 Å². The van der Waals surface area contributed by atoms with Gasteiger partial charge in [0.15, 0.2) is 0 Å². The van der Waals surface area contributed by atoms with Crippen molar-refractivity contribution in [1.29, 1.82) is 0 Å². The lowest BCUT2D eigenvalue weighted by atomic mass is 10.3. The van der Waals surface area contributed by atoms with E-state index in [4.69, 9.17) is 0 Å². The second kappa shape index (κ2) is 8.21. The van der Waals surface area contributed by atoms with Gasteiger partial charge in [0.25, 0.3) is 0 Å². The number of ether oxygens (including phenoxy) is 2. The van der Waals surface area contributed by atoms with Crippen LogP contribution in [0.1, 0.15) is 9.75 Å². The lowest BCUT2D eigenvalue weighted by Gasteiger charge is -2.18. The maximum absolute atomic E-state index is 12.1. The molecule has 1 heterocycles. The molecule has 0 N–H and O–H groups in total. The number of hydrogen-bond acceptors (Lipinski definition) is 6. The molecule has 0 aliphatic carbocycles. The van der Waals surface area contributed by atoms with Crippen molar-refractivity contribution in [2.24, 2.45) is 0 Å². The van der Waals surface area contributed by atoms with Crippen LogP contribution in [-0.2, 0) is 23.9 Å². The highest BCUT2D eigenvalue weighted by Gasteiger charge is 2.19. The number of thiophene rings is 1. The first-order valence-corrected chi connectivity index (χ1v) is 6.95. The van der Waals surface area contributed by atoms with E-state index in [0.29, 0.717) is 0 Å². The summed E-state index contributed by atoms with van der Waals surface area (Å²) in [6.45, 7) is 1.35. The third-order valence-corrected chi connectivity index (χ3v) is 3.52. The maximum atomic E-state index is 12.1. The average molecular weight is 311 g/mol. The van der Waals surface area contributed by atoms with E-state index < -0.39 is 17.8 Å². The molecule has 0 spiro atoms. The van der Waals surface area contributed by atoms with Crippen molar-refractivity contribution >= 4 is 35.3 Å². The topological polar surface area (TPSA) is 72.9 Å². The van der Waals surface area contributed by atoms with Crippen LogP contribution in [0.2, 0.25) is 0 Å². The molecular formula is C14H17NO5S. The predicted molar refractivity (Wildman–Crippen MR) is 78.7 cm³/mol. The molecule has 0 aliphatic rings. The SMILES string of the molecule is COC(=O)CN(CC(=O)OC)C(=O)C=Cc1ccc(C)s1. The molecular weight excluding hydrogens is 294 g/mol. The highest BCUT2D eigenvalue weighted by molar-refractivity contribution is 7.12. The zero-order chi connectivity index (χ0) is 15.8. The molecule has 0 saturated heterocycles. The fraction of sp³-hybridized carbons (Fsp3) is 0.357.